The molecule has 0 aromatic heterocycles. The fourth-order valence-corrected chi connectivity index (χ4v) is 1.54. The third kappa shape index (κ3) is 2.95. The summed E-state index contributed by atoms with van der Waals surface area (Å²) in [4.78, 5) is 5.01. The van der Waals surface area contributed by atoms with Crippen molar-refractivity contribution in [2.24, 2.45) is 0 Å². The number of piperazine rings is 1. The first-order valence-electron chi connectivity index (χ1n) is 4.92. The first kappa shape index (κ1) is 9.75. The quantitative estimate of drug-likeness (QED) is 0.584. The second-order valence-electron chi connectivity index (χ2n) is 3.30. The molecule has 0 unspecified atom stereocenters. The van der Waals surface area contributed by atoms with Gasteiger partial charge in [-0.15, -0.1) is 0 Å². The van der Waals surface area contributed by atoms with Crippen molar-refractivity contribution in [2.75, 3.05) is 39.3 Å². The Morgan fingerprint density at radius 3 is 2.17 bits per heavy atom. The van der Waals surface area contributed by atoms with Gasteiger partial charge in [0, 0.05) is 32.7 Å². The smallest absolute Gasteiger partial charge is 0.0164 e. The first-order chi connectivity index (χ1) is 5.86. The zero-order chi connectivity index (χ0) is 8.81. The van der Waals surface area contributed by atoms with E-state index in [-0.39, 0.29) is 0 Å². The molecule has 1 heterocycles. The van der Waals surface area contributed by atoms with Gasteiger partial charge in [-0.05, 0) is 13.5 Å². The lowest BCUT2D eigenvalue weighted by Crippen LogP contribution is -2.45. The van der Waals surface area contributed by atoms with Gasteiger partial charge in [0.15, 0.2) is 0 Å². The van der Waals surface area contributed by atoms with Crippen LogP contribution < -0.4 is 0 Å². The van der Waals surface area contributed by atoms with E-state index in [1.807, 2.05) is 0 Å². The minimum atomic E-state index is 1.13. The molecular formula is C10H20N2. The van der Waals surface area contributed by atoms with E-state index in [1.165, 1.54) is 32.7 Å². The Balaban J connectivity index is 2.17. The maximum atomic E-state index is 2.51. The Morgan fingerprint density at radius 1 is 1.08 bits per heavy atom. The molecule has 0 spiro atoms. The van der Waals surface area contributed by atoms with Crippen molar-refractivity contribution in [3.8, 4) is 0 Å². The first-order valence-corrected chi connectivity index (χ1v) is 4.92. The molecule has 0 bridgehead atoms. The standard InChI is InChI=1S/C10H20N2/c1-3-5-6-12-9-7-11(4-2)8-10-12/h3,5H,4,6-10H2,1-2H3. The SMILES string of the molecule is CC=CCN1CCN(CC)CC1. The fraction of sp³-hybridized carbons (Fsp3) is 0.800. The highest BCUT2D eigenvalue weighted by atomic mass is 15.2. The van der Waals surface area contributed by atoms with Gasteiger partial charge in [-0.3, -0.25) is 4.90 Å². The molecule has 2 heteroatoms. The molecule has 0 radical (unpaired) electrons. The Labute approximate surface area is 75.8 Å². The number of likely N-dealkylation sites (N-methyl/N-ethyl adjacent to an activating group) is 1. The van der Waals surface area contributed by atoms with Gasteiger partial charge in [-0.2, -0.15) is 0 Å². The van der Waals surface area contributed by atoms with Crippen LogP contribution in [0.25, 0.3) is 0 Å². The van der Waals surface area contributed by atoms with Crippen LogP contribution in [-0.2, 0) is 0 Å². The summed E-state index contributed by atoms with van der Waals surface area (Å²) in [6.45, 7) is 11.6. The van der Waals surface area contributed by atoms with Crippen LogP contribution in [-0.4, -0.2) is 49.1 Å². The van der Waals surface area contributed by atoms with Crippen molar-refractivity contribution in [2.45, 2.75) is 13.8 Å². The molecule has 0 aromatic carbocycles. The van der Waals surface area contributed by atoms with Gasteiger partial charge in [-0.1, -0.05) is 19.1 Å². The fourth-order valence-electron chi connectivity index (χ4n) is 1.54. The second-order valence-corrected chi connectivity index (χ2v) is 3.30. The summed E-state index contributed by atoms with van der Waals surface area (Å²) in [6.07, 6.45) is 4.37. The van der Waals surface area contributed by atoms with Crippen molar-refractivity contribution in [1.82, 2.24) is 9.80 Å². The monoisotopic (exact) mass is 168 g/mol. The summed E-state index contributed by atoms with van der Waals surface area (Å²) in [5, 5.41) is 0. The van der Waals surface area contributed by atoms with Crippen molar-refractivity contribution >= 4 is 0 Å². The molecule has 12 heavy (non-hydrogen) atoms. The van der Waals surface area contributed by atoms with Gasteiger partial charge < -0.3 is 4.90 Å². The lowest BCUT2D eigenvalue weighted by Gasteiger charge is -2.33. The molecule has 0 atom stereocenters. The Kier molecular flexibility index (Phi) is 4.33. The van der Waals surface area contributed by atoms with Crippen LogP contribution in [0.5, 0.6) is 0 Å². The molecule has 0 aromatic rings. The lowest BCUT2D eigenvalue weighted by atomic mass is 10.3. The number of allylic oxidation sites excluding steroid dienone is 1. The molecule has 70 valence electrons. The largest absolute Gasteiger partial charge is 0.301 e. The summed E-state index contributed by atoms with van der Waals surface area (Å²) >= 11 is 0. The third-order valence-corrected chi connectivity index (χ3v) is 2.51. The topological polar surface area (TPSA) is 6.48 Å². The third-order valence-electron chi connectivity index (χ3n) is 2.51. The minimum absolute atomic E-state index is 1.13. The number of rotatable bonds is 3. The van der Waals surface area contributed by atoms with Crippen LogP contribution in [0, 0.1) is 0 Å². The predicted molar refractivity (Wildman–Crippen MR) is 53.4 cm³/mol. The van der Waals surface area contributed by atoms with Crippen molar-refractivity contribution in [3.63, 3.8) is 0 Å². The highest BCUT2D eigenvalue weighted by Gasteiger charge is 2.13. The normalized spacial score (nSPS) is 22.2. The average molecular weight is 168 g/mol. The highest BCUT2D eigenvalue weighted by molar-refractivity contribution is 4.83. The number of nitrogens with zero attached hydrogens (tertiary/aromatic N) is 2. The average Bonchev–Trinajstić information content (AvgIpc) is 2.15. The zero-order valence-corrected chi connectivity index (χ0v) is 8.29. The molecule has 0 aliphatic carbocycles. The molecule has 2 nitrogen and oxygen atoms in total. The molecule has 1 rings (SSSR count). The van der Waals surface area contributed by atoms with Gasteiger partial charge in [0.05, 0.1) is 0 Å². The zero-order valence-electron chi connectivity index (χ0n) is 8.29. The highest BCUT2D eigenvalue weighted by Crippen LogP contribution is 2.00. The van der Waals surface area contributed by atoms with Crippen LogP contribution in [0.4, 0.5) is 0 Å². The summed E-state index contributed by atoms with van der Waals surface area (Å²) in [6, 6.07) is 0. The molecule has 0 amide bonds. The van der Waals surface area contributed by atoms with E-state index < -0.39 is 0 Å². The van der Waals surface area contributed by atoms with E-state index in [4.69, 9.17) is 0 Å². The van der Waals surface area contributed by atoms with Gasteiger partial charge in [0.2, 0.25) is 0 Å². The summed E-state index contributed by atoms with van der Waals surface area (Å²) in [7, 11) is 0. The van der Waals surface area contributed by atoms with Gasteiger partial charge >= 0.3 is 0 Å². The lowest BCUT2D eigenvalue weighted by molar-refractivity contribution is 0.148. The molecule has 1 fully saturated rings. The molecule has 1 aliphatic rings. The maximum Gasteiger partial charge on any atom is 0.0164 e. The molecule has 0 saturated carbocycles. The Bertz CT molecular complexity index is 135. The Morgan fingerprint density at radius 2 is 1.67 bits per heavy atom. The van der Waals surface area contributed by atoms with E-state index in [0.717, 1.165) is 6.54 Å². The van der Waals surface area contributed by atoms with Gasteiger partial charge in [-0.25, -0.2) is 0 Å². The van der Waals surface area contributed by atoms with Crippen LogP contribution in [0.15, 0.2) is 12.2 Å². The van der Waals surface area contributed by atoms with Crippen LogP contribution in [0.1, 0.15) is 13.8 Å². The van der Waals surface area contributed by atoms with E-state index in [0.29, 0.717) is 0 Å². The van der Waals surface area contributed by atoms with E-state index >= 15 is 0 Å². The number of hydrogen-bond acceptors (Lipinski definition) is 2. The molecule has 1 aliphatic heterocycles. The summed E-state index contributed by atoms with van der Waals surface area (Å²) < 4.78 is 0. The summed E-state index contributed by atoms with van der Waals surface area (Å²) in [5.41, 5.74) is 0. The Hall–Kier alpha value is -0.340. The predicted octanol–water partition coefficient (Wildman–Crippen LogP) is 1.20. The maximum absolute atomic E-state index is 2.51. The molecular weight excluding hydrogens is 148 g/mol. The number of hydrogen-bond donors (Lipinski definition) is 0. The van der Waals surface area contributed by atoms with Crippen molar-refractivity contribution in [3.05, 3.63) is 12.2 Å². The summed E-state index contributed by atoms with van der Waals surface area (Å²) in [5.74, 6) is 0. The van der Waals surface area contributed by atoms with Crippen LogP contribution in [0.3, 0.4) is 0 Å². The van der Waals surface area contributed by atoms with Gasteiger partial charge in [0.25, 0.3) is 0 Å². The minimum Gasteiger partial charge on any atom is -0.301 e. The van der Waals surface area contributed by atoms with Crippen LogP contribution in [0.2, 0.25) is 0 Å². The van der Waals surface area contributed by atoms with E-state index in [9.17, 15) is 0 Å². The van der Waals surface area contributed by atoms with E-state index in [1.54, 1.807) is 0 Å². The van der Waals surface area contributed by atoms with Crippen LogP contribution >= 0.6 is 0 Å². The van der Waals surface area contributed by atoms with Gasteiger partial charge in [0.1, 0.15) is 0 Å². The second kappa shape index (κ2) is 5.33. The molecule has 1 saturated heterocycles. The van der Waals surface area contributed by atoms with Crippen molar-refractivity contribution < 1.29 is 0 Å². The van der Waals surface area contributed by atoms with Crippen molar-refractivity contribution in [1.29, 1.82) is 0 Å². The molecule has 0 N–H and O–H groups in total. The van der Waals surface area contributed by atoms with E-state index in [2.05, 4.69) is 35.8 Å².